The minimum Gasteiger partial charge on any atom is -0.306 e. The zero-order valence-corrected chi connectivity index (χ0v) is 21.0. The van der Waals surface area contributed by atoms with E-state index in [-0.39, 0.29) is 17.6 Å². The number of Topliss-reactive ketones (excluding diaryl/α,β-unsaturated/α-hetero) is 1. The van der Waals surface area contributed by atoms with Crippen LogP contribution < -0.4 is 9.62 Å². The molecule has 8 nitrogen and oxygen atoms in total. The molecule has 1 fully saturated rings. The van der Waals surface area contributed by atoms with E-state index in [1.54, 1.807) is 47.6 Å². The molecule has 1 aromatic heterocycles. The van der Waals surface area contributed by atoms with Crippen LogP contribution in [0.2, 0.25) is 0 Å². The summed E-state index contributed by atoms with van der Waals surface area (Å²) in [4.78, 5) is 34.3. The van der Waals surface area contributed by atoms with Gasteiger partial charge in [0, 0.05) is 42.0 Å². The number of likely N-dealkylation sites (tertiary alicyclic amines) is 1. The molecule has 36 heavy (non-hydrogen) atoms. The number of sulfonamides is 1. The number of hydrogen-bond acceptors (Lipinski definition) is 6. The van der Waals surface area contributed by atoms with E-state index in [4.69, 9.17) is 0 Å². The maximum Gasteiger partial charge on any atom is 0.258 e. The first-order chi connectivity index (χ1) is 17.3. The van der Waals surface area contributed by atoms with Gasteiger partial charge in [-0.05, 0) is 62.3 Å². The molecule has 1 aliphatic heterocycles. The van der Waals surface area contributed by atoms with Crippen LogP contribution in [0.15, 0.2) is 79.1 Å². The number of rotatable bonds is 9. The smallest absolute Gasteiger partial charge is 0.258 e. The maximum atomic E-state index is 13.4. The largest absolute Gasteiger partial charge is 0.306 e. The summed E-state index contributed by atoms with van der Waals surface area (Å²) in [6, 6.07) is 19.4. The van der Waals surface area contributed by atoms with Crippen molar-refractivity contribution in [3.63, 3.8) is 0 Å². The quantitative estimate of drug-likeness (QED) is 0.445. The second-order valence-corrected chi connectivity index (χ2v) is 10.7. The Morgan fingerprint density at radius 3 is 2.28 bits per heavy atom. The van der Waals surface area contributed by atoms with Gasteiger partial charge in [-0.15, -0.1) is 0 Å². The van der Waals surface area contributed by atoms with E-state index >= 15 is 0 Å². The molecule has 0 aliphatic carbocycles. The standard InChI is InChI=1S/C27H30N4O4S/c1-36(34,35)29-24-11-9-23(10-12-24)27(33)31(25-8-5-15-28-20-25)19-18-30-16-13-22(14-17-30)26(32)21-6-3-2-4-7-21/h2-12,15,20,22,29H,13-14,16-19H2,1H3. The number of hydrogen-bond donors (Lipinski definition) is 1. The highest BCUT2D eigenvalue weighted by Gasteiger charge is 2.26. The van der Waals surface area contributed by atoms with Crippen LogP contribution >= 0.6 is 0 Å². The molecule has 2 heterocycles. The predicted molar refractivity (Wildman–Crippen MR) is 141 cm³/mol. The summed E-state index contributed by atoms with van der Waals surface area (Å²) >= 11 is 0. The van der Waals surface area contributed by atoms with Crippen molar-refractivity contribution in [2.45, 2.75) is 12.8 Å². The van der Waals surface area contributed by atoms with Crippen LogP contribution in [0.3, 0.4) is 0 Å². The van der Waals surface area contributed by atoms with Gasteiger partial charge >= 0.3 is 0 Å². The molecule has 0 saturated carbocycles. The monoisotopic (exact) mass is 506 g/mol. The number of piperidine rings is 1. The number of nitrogens with one attached hydrogen (secondary N) is 1. The Labute approximate surface area is 212 Å². The Bertz CT molecular complexity index is 1270. The first kappa shape index (κ1) is 25.5. The van der Waals surface area contributed by atoms with E-state index in [0.29, 0.717) is 30.0 Å². The number of carbonyl (C=O) groups excluding carboxylic acids is 2. The molecule has 1 N–H and O–H groups in total. The highest BCUT2D eigenvalue weighted by Crippen LogP contribution is 2.23. The van der Waals surface area contributed by atoms with E-state index in [9.17, 15) is 18.0 Å². The maximum absolute atomic E-state index is 13.4. The summed E-state index contributed by atoms with van der Waals surface area (Å²) in [6.07, 6.45) is 5.98. The van der Waals surface area contributed by atoms with E-state index in [1.807, 2.05) is 36.4 Å². The molecule has 1 aliphatic rings. The van der Waals surface area contributed by atoms with Crippen LogP contribution in [0.5, 0.6) is 0 Å². The average molecular weight is 507 g/mol. The molecule has 188 valence electrons. The Morgan fingerprint density at radius 1 is 0.972 bits per heavy atom. The van der Waals surface area contributed by atoms with Gasteiger partial charge in [0.1, 0.15) is 0 Å². The van der Waals surface area contributed by atoms with Crippen molar-refractivity contribution in [1.82, 2.24) is 9.88 Å². The lowest BCUT2D eigenvalue weighted by Gasteiger charge is -2.33. The first-order valence-electron chi connectivity index (χ1n) is 11.9. The number of benzene rings is 2. The lowest BCUT2D eigenvalue weighted by atomic mass is 9.89. The number of ketones is 1. The van der Waals surface area contributed by atoms with Crippen molar-refractivity contribution in [2.75, 3.05) is 42.1 Å². The summed E-state index contributed by atoms with van der Waals surface area (Å²) in [7, 11) is -3.40. The molecule has 0 spiro atoms. The molecular weight excluding hydrogens is 476 g/mol. The average Bonchev–Trinajstić information content (AvgIpc) is 2.89. The van der Waals surface area contributed by atoms with Crippen LogP contribution in [-0.4, -0.2) is 62.4 Å². The Hall–Kier alpha value is -3.56. The summed E-state index contributed by atoms with van der Waals surface area (Å²) in [5.41, 5.74) is 2.30. The van der Waals surface area contributed by atoms with Crippen molar-refractivity contribution >= 4 is 33.1 Å². The number of amides is 1. The van der Waals surface area contributed by atoms with Crippen molar-refractivity contribution in [3.05, 3.63) is 90.3 Å². The van der Waals surface area contributed by atoms with Gasteiger partial charge in [-0.3, -0.25) is 19.3 Å². The fourth-order valence-electron chi connectivity index (χ4n) is 4.41. The van der Waals surface area contributed by atoms with Crippen LogP contribution in [0, 0.1) is 5.92 Å². The van der Waals surface area contributed by atoms with E-state index in [0.717, 1.165) is 37.8 Å². The molecule has 1 saturated heterocycles. The molecule has 3 aromatic rings. The highest BCUT2D eigenvalue weighted by atomic mass is 32.2. The Balaban J connectivity index is 1.39. The number of aromatic nitrogens is 1. The third-order valence-corrected chi connectivity index (χ3v) is 6.90. The van der Waals surface area contributed by atoms with Crippen molar-refractivity contribution < 1.29 is 18.0 Å². The summed E-state index contributed by atoms with van der Waals surface area (Å²) in [5.74, 6) is 0.0399. The van der Waals surface area contributed by atoms with E-state index < -0.39 is 10.0 Å². The number of carbonyl (C=O) groups is 2. The third-order valence-electron chi connectivity index (χ3n) is 6.29. The molecule has 0 atom stereocenters. The van der Waals surface area contributed by atoms with Crippen LogP contribution in [0.25, 0.3) is 0 Å². The highest BCUT2D eigenvalue weighted by molar-refractivity contribution is 7.92. The number of nitrogens with zero attached hydrogens (tertiary/aromatic N) is 3. The SMILES string of the molecule is CS(=O)(=O)Nc1ccc(C(=O)N(CCN2CCC(C(=O)c3ccccc3)CC2)c2cccnc2)cc1. The zero-order chi connectivity index (χ0) is 25.5. The van der Waals surface area contributed by atoms with Crippen LogP contribution in [0.1, 0.15) is 33.6 Å². The van der Waals surface area contributed by atoms with Crippen LogP contribution in [0.4, 0.5) is 11.4 Å². The van der Waals surface area contributed by atoms with E-state index in [2.05, 4.69) is 14.6 Å². The fraction of sp³-hybridized carbons (Fsp3) is 0.296. The lowest BCUT2D eigenvalue weighted by Crippen LogP contribution is -2.43. The molecule has 0 radical (unpaired) electrons. The molecule has 0 bridgehead atoms. The summed E-state index contributed by atoms with van der Waals surface area (Å²) < 4.78 is 25.3. The van der Waals surface area contributed by atoms with Gasteiger partial charge in [-0.25, -0.2) is 8.42 Å². The fourth-order valence-corrected chi connectivity index (χ4v) is 4.97. The Morgan fingerprint density at radius 2 is 1.67 bits per heavy atom. The van der Waals surface area contributed by atoms with E-state index in [1.165, 1.54) is 0 Å². The first-order valence-corrected chi connectivity index (χ1v) is 13.8. The topological polar surface area (TPSA) is 99.7 Å². The minimum atomic E-state index is -3.40. The second kappa shape index (κ2) is 11.5. The molecule has 0 unspecified atom stereocenters. The van der Waals surface area contributed by atoms with Gasteiger partial charge < -0.3 is 9.80 Å². The zero-order valence-electron chi connectivity index (χ0n) is 20.2. The second-order valence-electron chi connectivity index (χ2n) is 8.97. The van der Waals surface area contributed by atoms with Crippen molar-refractivity contribution in [2.24, 2.45) is 5.92 Å². The van der Waals surface area contributed by atoms with Gasteiger partial charge in [0.15, 0.2) is 5.78 Å². The molecule has 2 aromatic carbocycles. The Kier molecular flexibility index (Phi) is 8.12. The molecule has 9 heteroatoms. The van der Waals surface area contributed by atoms with Crippen LogP contribution in [-0.2, 0) is 10.0 Å². The molecule has 1 amide bonds. The minimum absolute atomic E-state index is 0.0266. The van der Waals surface area contributed by atoms with Gasteiger partial charge in [-0.1, -0.05) is 30.3 Å². The number of anilines is 2. The van der Waals surface area contributed by atoms with Crippen molar-refractivity contribution in [1.29, 1.82) is 0 Å². The van der Waals surface area contributed by atoms with Gasteiger partial charge in [-0.2, -0.15) is 0 Å². The predicted octanol–water partition coefficient (Wildman–Crippen LogP) is 3.69. The van der Waals surface area contributed by atoms with Gasteiger partial charge in [0.05, 0.1) is 18.1 Å². The van der Waals surface area contributed by atoms with Gasteiger partial charge in [0.2, 0.25) is 10.0 Å². The summed E-state index contributed by atoms with van der Waals surface area (Å²) in [6.45, 7) is 2.72. The van der Waals surface area contributed by atoms with Gasteiger partial charge in [0.25, 0.3) is 5.91 Å². The third kappa shape index (κ3) is 6.77. The van der Waals surface area contributed by atoms with Crippen molar-refractivity contribution in [3.8, 4) is 0 Å². The number of pyridine rings is 1. The normalized spacial score (nSPS) is 14.8. The molecule has 4 rings (SSSR count). The summed E-state index contributed by atoms with van der Waals surface area (Å²) in [5, 5.41) is 0. The lowest BCUT2D eigenvalue weighted by molar-refractivity contribution is 0.0841. The molecular formula is C27H30N4O4S.